The van der Waals surface area contributed by atoms with Crippen LogP contribution < -0.4 is 0 Å². The van der Waals surface area contributed by atoms with E-state index in [0.717, 1.165) is 5.23 Å². The summed E-state index contributed by atoms with van der Waals surface area (Å²) in [6.45, 7) is 6.99. The van der Waals surface area contributed by atoms with Crippen LogP contribution in [0.1, 0.15) is 0 Å². The lowest BCUT2D eigenvalue weighted by Gasteiger charge is -2.21. The first-order valence-corrected chi connectivity index (χ1v) is 3.85. The minimum Gasteiger partial charge on any atom is -0.394 e. The van der Waals surface area contributed by atoms with E-state index in [4.69, 9.17) is 19.9 Å². The molecule has 13 heavy (non-hydrogen) atoms. The molecule has 0 spiro atoms. The summed E-state index contributed by atoms with van der Waals surface area (Å²) in [6, 6.07) is 0. The second-order valence-electron chi connectivity index (χ2n) is 2.07. The molecule has 0 unspecified atom stereocenters. The lowest BCUT2D eigenvalue weighted by atomic mass is 10.5. The quantitative estimate of drug-likeness (QED) is 0.410. The highest BCUT2D eigenvalue weighted by molar-refractivity contribution is 5.05. The van der Waals surface area contributed by atoms with Crippen LogP contribution in [-0.4, -0.2) is 41.9 Å². The molecule has 0 saturated heterocycles. The Morgan fingerprint density at radius 2 is 1.69 bits per heavy atom. The smallest absolute Gasteiger partial charge is 0.101 e. The number of aliphatic hydroxyl groups is 2. The molecule has 0 saturated carbocycles. The number of rotatable bonds is 8. The summed E-state index contributed by atoms with van der Waals surface area (Å²) >= 11 is 0. The molecule has 2 N–H and O–H groups in total. The molecular weight excluding hydrogens is 174 g/mol. The lowest BCUT2D eigenvalue weighted by Crippen LogP contribution is -2.25. The van der Waals surface area contributed by atoms with E-state index in [1.54, 1.807) is 0 Å². The second kappa shape index (κ2) is 7.75. The molecule has 0 rings (SSSR count). The summed E-state index contributed by atoms with van der Waals surface area (Å²) < 4.78 is 0. The number of aliphatic hydroxyl groups excluding tert-OH is 2. The van der Waals surface area contributed by atoms with E-state index >= 15 is 0 Å². The molecule has 0 aliphatic rings. The molecule has 0 amide bonds. The van der Waals surface area contributed by atoms with E-state index in [2.05, 4.69) is 13.2 Å². The third-order valence-electron chi connectivity index (χ3n) is 1.07. The van der Waals surface area contributed by atoms with Crippen molar-refractivity contribution in [1.29, 1.82) is 0 Å². The average Bonchev–Trinajstić information content (AvgIpc) is 2.17. The summed E-state index contributed by atoms with van der Waals surface area (Å²) in [6.07, 6.45) is 1.44. The summed E-state index contributed by atoms with van der Waals surface area (Å²) in [4.78, 5) is 9.85. The van der Waals surface area contributed by atoms with Gasteiger partial charge < -0.3 is 10.2 Å². The van der Waals surface area contributed by atoms with E-state index in [1.807, 2.05) is 0 Å². The first kappa shape index (κ1) is 12.1. The highest BCUT2D eigenvalue weighted by atomic mass is 16.9. The predicted octanol–water partition coefficient (Wildman–Crippen LogP) is -0.164. The van der Waals surface area contributed by atoms with Crippen LogP contribution in [0.3, 0.4) is 0 Å². The zero-order chi connectivity index (χ0) is 10.1. The molecule has 76 valence electrons. The molecule has 5 heteroatoms. The second-order valence-corrected chi connectivity index (χ2v) is 2.07. The Balaban J connectivity index is 3.86. The van der Waals surface area contributed by atoms with Crippen molar-refractivity contribution in [3.8, 4) is 0 Å². The molecule has 0 fully saturated rings. The van der Waals surface area contributed by atoms with E-state index in [9.17, 15) is 0 Å². The Labute approximate surface area is 77.4 Å². The third kappa shape index (κ3) is 5.37. The van der Waals surface area contributed by atoms with Crippen molar-refractivity contribution in [3.05, 3.63) is 24.9 Å². The summed E-state index contributed by atoms with van der Waals surface area (Å²) in [5.74, 6) is 0. The third-order valence-corrected chi connectivity index (χ3v) is 1.07. The number of hydroxylamine groups is 2. The molecule has 0 aromatic rings. The van der Waals surface area contributed by atoms with Crippen molar-refractivity contribution in [2.24, 2.45) is 0 Å². The molecule has 0 aromatic carbocycles. The number of allylic oxidation sites excluding steroid dienone is 1. The monoisotopic (exact) mass is 189 g/mol. The topological polar surface area (TPSA) is 62.2 Å². The minimum atomic E-state index is -0.122. The van der Waals surface area contributed by atoms with Crippen LogP contribution in [0.5, 0.6) is 0 Å². The maximum absolute atomic E-state index is 8.48. The van der Waals surface area contributed by atoms with Crippen molar-refractivity contribution in [1.82, 2.24) is 5.23 Å². The van der Waals surface area contributed by atoms with Crippen LogP contribution in [-0.2, 0) is 9.68 Å². The minimum absolute atomic E-state index is 0.0955. The van der Waals surface area contributed by atoms with E-state index < -0.39 is 0 Å². The van der Waals surface area contributed by atoms with Gasteiger partial charge in [0.05, 0.1) is 18.9 Å². The molecule has 0 bridgehead atoms. The van der Waals surface area contributed by atoms with Crippen molar-refractivity contribution >= 4 is 0 Å². The van der Waals surface area contributed by atoms with Gasteiger partial charge in [-0.25, -0.2) is 9.68 Å². The Hall–Kier alpha value is -0.880. The Bertz CT molecular complexity index is 152. The first-order valence-electron chi connectivity index (χ1n) is 3.85. The van der Waals surface area contributed by atoms with E-state index in [1.165, 1.54) is 6.08 Å². The molecular formula is C8H15NO4. The number of hydrogen-bond donors (Lipinski definition) is 2. The predicted molar refractivity (Wildman–Crippen MR) is 47.3 cm³/mol. The normalized spacial score (nSPS) is 9.69. The maximum Gasteiger partial charge on any atom is 0.101 e. The van der Waals surface area contributed by atoms with Crippen LogP contribution in [0, 0.1) is 0 Å². The van der Waals surface area contributed by atoms with Crippen LogP contribution in [0.2, 0.25) is 0 Å². The van der Waals surface area contributed by atoms with Gasteiger partial charge in [-0.1, -0.05) is 13.2 Å². The van der Waals surface area contributed by atoms with Crippen molar-refractivity contribution < 1.29 is 19.9 Å². The van der Waals surface area contributed by atoms with Gasteiger partial charge in [-0.05, 0) is 6.08 Å². The van der Waals surface area contributed by atoms with Crippen LogP contribution in [0.4, 0.5) is 0 Å². The SMILES string of the molecule is C=CC(=C)N(OCCO)OCCO. The fraction of sp³-hybridized carbons (Fsp3) is 0.500. The van der Waals surface area contributed by atoms with Gasteiger partial charge in [-0.2, -0.15) is 0 Å². The van der Waals surface area contributed by atoms with E-state index in [-0.39, 0.29) is 26.4 Å². The largest absolute Gasteiger partial charge is 0.394 e. The average molecular weight is 189 g/mol. The van der Waals surface area contributed by atoms with Gasteiger partial charge in [0.1, 0.15) is 13.2 Å². The Kier molecular flexibility index (Phi) is 7.23. The van der Waals surface area contributed by atoms with Crippen LogP contribution in [0.25, 0.3) is 0 Å². The standard InChI is InChI=1S/C8H15NO4/c1-3-8(2)9(12-6-4-10)13-7-5-11/h3,10-11H,1-2,4-7H2. The first-order chi connectivity index (χ1) is 6.26. The van der Waals surface area contributed by atoms with Gasteiger partial charge in [0.15, 0.2) is 0 Å². The van der Waals surface area contributed by atoms with Crippen molar-refractivity contribution in [2.75, 3.05) is 26.4 Å². The van der Waals surface area contributed by atoms with Gasteiger partial charge in [-0.3, -0.25) is 0 Å². The zero-order valence-corrected chi connectivity index (χ0v) is 7.48. The van der Waals surface area contributed by atoms with Crippen LogP contribution >= 0.6 is 0 Å². The molecule has 0 aliphatic carbocycles. The molecule has 0 atom stereocenters. The van der Waals surface area contributed by atoms with Gasteiger partial charge in [0.25, 0.3) is 0 Å². The van der Waals surface area contributed by atoms with Crippen molar-refractivity contribution in [2.45, 2.75) is 0 Å². The molecule has 0 aromatic heterocycles. The fourth-order valence-electron chi connectivity index (χ4n) is 0.525. The number of nitrogens with zero attached hydrogens (tertiary/aromatic N) is 1. The maximum atomic E-state index is 8.48. The highest BCUT2D eigenvalue weighted by Gasteiger charge is 2.05. The van der Waals surface area contributed by atoms with Gasteiger partial charge in [-0.15, -0.1) is 5.23 Å². The fourth-order valence-corrected chi connectivity index (χ4v) is 0.525. The van der Waals surface area contributed by atoms with E-state index in [0.29, 0.717) is 5.70 Å². The van der Waals surface area contributed by atoms with Crippen LogP contribution in [0.15, 0.2) is 24.9 Å². The Morgan fingerprint density at radius 1 is 1.23 bits per heavy atom. The molecule has 0 heterocycles. The molecule has 0 radical (unpaired) electrons. The summed E-state index contributed by atoms with van der Waals surface area (Å²) in [7, 11) is 0. The highest BCUT2D eigenvalue weighted by Crippen LogP contribution is 2.04. The zero-order valence-electron chi connectivity index (χ0n) is 7.48. The molecule has 0 aliphatic heterocycles. The lowest BCUT2D eigenvalue weighted by molar-refractivity contribution is -0.345. The number of hydrogen-bond acceptors (Lipinski definition) is 5. The Morgan fingerprint density at radius 3 is 2.00 bits per heavy atom. The van der Waals surface area contributed by atoms with Gasteiger partial charge in [0, 0.05) is 0 Å². The van der Waals surface area contributed by atoms with Crippen molar-refractivity contribution in [3.63, 3.8) is 0 Å². The molecule has 5 nitrogen and oxygen atoms in total. The van der Waals surface area contributed by atoms with Gasteiger partial charge in [0.2, 0.25) is 0 Å². The van der Waals surface area contributed by atoms with Gasteiger partial charge >= 0.3 is 0 Å². The summed E-state index contributed by atoms with van der Waals surface area (Å²) in [5, 5.41) is 18.0. The summed E-state index contributed by atoms with van der Waals surface area (Å²) in [5.41, 5.74) is 0.405.